The molecule has 0 unspecified atom stereocenters. The Morgan fingerprint density at radius 3 is 2.82 bits per heavy atom. The van der Waals surface area contributed by atoms with Crippen molar-refractivity contribution in [3.05, 3.63) is 29.6 Å². The molecule has 122 valence electrons. The second-order valence-corrected chi connectivity index (χ2v) is 5.48. The minimum atomic E-state index is -0.354. The van der Waals surface area contributed by atoms with Crippen LogP contribution in [0.15, 0.2) is 18.2 Å². The lowest BCUT2D eigenvalue weighted by molar-refractivity contribution is -0.122. The fourth-order valence-corrected chi connectivity index (χ4v) is 2.69. The van der Waals surface area contributed by atoms with Crippen molar-refractivity contribution in [1.82, 2.24) is 5.32 Å². The fourth-order valence-electron chi connectivity index (χ4n) is 2.69. The number of halogens is 1. The smallest absolute Gasteiger partial charge is 0.222 e. The van der Waals surface area contributed by atoms with Gasteiger partial charge in [0.2, 0.25) is 5.91 Å². The Balaban J connectivity index is 1.88. The molecule has 0 atom stereocenters. The van der Waals surface area contributed by atoms with E-state index in [-0.39, 0.29) is 24.4 Å². The molecule has 22 heavy (non-hydrogen) atoms. The van der Waals surface area contributed by atoms with Crippen LogP contribution < -0.4 is 10.2 Å². The summed E-state index contributed by atoms with van der Waals surface area (Å²) in [6, 6.07) is 5.19. The highest BCUT2D eigenvalue weighted by Gasteiger charge is 2.23. The zero-order chi connectivity index (χ0) is 15.9. The summed E-state index contributed by atoms with van der Waals surface area (Å²) in [7, 11) is 1.57. The van der Waals surface area contributed by atoms with Crippen molar-refractivity contribution in [1.29, 1.82) is 0 Å². The molecule has 2 N–H and O–H groups in total. The quantitative estimate of drug-likeness (QED) is 0.835. The van der Waals surface area contributed by atoms with Gasteiger partial charge in [-0.15, -0.1) is 0 Å². The summed E-state index contributed by atoms with van der Waals surface area (Å²) in [5, 5.41) is 12.1. The molecular weight excluding hydrogens is 287 g/mol. The van der Waals surface area contributed by atoms with Crippen LogP contribution in [0.5, 0.6) is 0 Å². The van der Waals surface area contributed by atoms with E-state index in [1.807, 2.05) is 4.90 Å². The molecule has 0 bridgehead atoms. The third-order valence-corrected chi connectivity index (χ3v) is 3.96. The largest absolute Gasteiger partial charge is 0.392 e. The molecule has 1 aliphatic rings. The van der Waals surface area contributed by atoms with E-state index < -0.39 is 0 Å². The maximum atomic E-state index is 14.2. The van der Waals surface area contributed by atoms with E-state index in [1.165, 1.54) is 0 Å². The lowest BCUT2D eigenvalue weighted by atomic mass is 10.0. The first-order chi connectivity index (χ1) is 10.7. The van der Waals surface area contributed by atoms with Crippen molar-refractivity contribution in [2.24, 2.45) is 0 Å². The molecule has 1 amide bonds. The average molecular weight is 310 g/mol. The first-order valence-electron chi connectivity index (χ1n) is 7.57. The van der Waals surface area contributed by atoms with Gasteiger partial charge in [-0.1, -0.05) is 12.1 Å². The molecular formula is C16H23FN2O3. The van der Waals surface area contributed by atoms with Gasteiger partial charge in [-0.05, 0) is 18.9 Å². The van der Waals surface area contributed by atoms with E-state index in [9.17, 15) is 9.18 Å². The zero-order valence-corrected chi connectivity index (χ0v) is 12.8. The van der Waals surface area contributed by atoms with Crippen LogP contribution in [-0.4, -0.2) is 43.9 Å². The maximum absolute atomic E-state index is 14.2. The number of anilines is 1. The van der Waals surface area contributed by atoms with Crippen LogP contribution in [0, 0.1) is 5.82 Å². The highest BCUT2D eigenvalue weighted by molar-refractivity contribution is 5.76. The standard InChI is InChI=1S/C16H23FN2O3/c1-22-10-7-15(21)18-13-5-8-19(9-6-13)14-4-2-3-12(11-20)16(14)17/h2-4,13,20H,5-11H2,1H3,(H,18,21). The molecule has 1 saturated heterocycles. The van der Waals surface area contributed by atoms with Gasteiger partial charge >= 0.3 is 0 Å². The third kappa shape index (κ3) is 4.18. The number of nitrogens with zero attached hydrogens (tertiary/aromatic N) is 1. The van der Waals surface area contributed by atoms with E-state index in [0.717, 1.165) is 12.8 Å². The van der Waals surface area contributed by atoms with Crippen molar-refractivity contribution >= 4 is 11.6 Å². The summed E-state index contributed by atoms with van der Waals surface area (Å²) >= 11 is 0. The minimum Gasteiger partial charge on any atom is -0.392 e. The number of amides is 1. The van der Waals surface area contributed by atoms with Crippen LogP contribution in [0.3, 0.4) is 0 Å². The predicted octanol–water partition coefficient (Wildman–Crippen LogP) is 1.44. The SMILES string of the molecule is COCCC(=O)NC1CCN(c2cccc(CO)c2F)CC1. The van der Waals surface area contributed by atoms with Crippen LogP contribution in [-0.2, 0) is 16.1 Å². The number of hydrogen-bond acceptors (Lipinski definition) is 4. The molecule has 1 aromatic carbocycles. The van der Waals surface area contributed by atoms with Gasteiger partial charge in [0.25, 0.3) is 0 Å². The van der Waals surface area contributed by atoms with Crippen LogP contribution in [0.25, 0.3) is 0 Å². The summed E-state index contributed by atoms with van der Waals surface area (Å²) in [4.78, 5) is 13.6. The summed E-state index contributed by atoms with van der Waals surface area (Å²) in [6.45, 7) is 1.48. The fraction of sp³-hybridized carbons (Fsp3) is 0.562. The van der Waals surface area contributed by atoms with Crippen LogP contribution >= 0.6 is 0 Å². The summed E-state index contributed by atoms with van der Waals surface area (Å²) in [5.74, 6) is -0.360. The molecule has 0 aliphatic carbocycles. The lowest BCUT2D eigenvalue weighted by Crippen LogP contribution is -2.45. The van der Waals surface area contributed by atoms with Crippen LogP contribution in [0.1, 0.15) is 24.8 Å². The van der Waals surface area contributed by atoms with Gasteiger partial charge in [-0.2, -0.15) is 0 Å². The molecule has 1 aliphatic heterocycles. The molecule has 5 nitrogen and oxygen atoms in total. The number of ether oxygens (including phenoxy) is 1. The van der Waals surface area contributed by atoms with Gasteiger partial charge < -0.3 is 20.1 Å². The number of carbonyl (C=O) groups excluding carboxylic acids is 1. The van der Waals surface area contributed by atoms with Crippen LogP contribution in [0.2, 0.25) is 0 Å². The van der Waals surface area contributed by atoms with Crippen molar-refractivity contribution in [3.63, 3.8) is 0 Å². The van der Waals surface area contributed by atoms with Crippen molar-refractivity contribution in [3.8, 4) is 0 Å². The number of nitrogens with one attached hydrogen (secondary N) is 1. The Bertz CT molecular complexity index is 502. The number of hydrogen-bond donors (Lipinski definition) is 2. The second-order valence-electron chi connectivity index (χ2n) is 5.48. The Hall–Kier alpha value is -1.66. The van der Waals surface area contributed by atoms with E-state index >= 15 is 0 Å². The number of piperidine rings is 1. The molecule has 0 radical (unpaired) electrons. The predicted molar refractivity (Wildman–Crippen MR) is 82.2 cm³/mol. The molecule has 6 heteroatoms. The average Bonchev–Trinajstić information content (AvgIpc) is 2.54. The first-order valence-corrected chi connectivity index (χ1v) is 7.57. The van der Waals surface area contributed by atoms with Gasteiger partial charge in [-0.3, -0.25) is 4.79 Å². The number of rotatable bonds is 6. The summed E-state index contributed by atoms with van der Waals surface area (Å²) in [6.07, 6.45) is 1.92. The maximum Gasteiger partial charge on any atom is 0.222 e. The van der Waals surface area contributed by atoms with Crippen LogP contribution in [0.4, 0.5) is 10.1 Å². The van der Waals surface area contributed by atoms with Crippen molar-refractivity contribution in [2.45, 2.75) is 31.9 Å². The van der Waals surface area contributed by atoms with Gasteiger partial charge in [0.05, 0.1) is 18.9 Å². The van der Waals surface area contributed by atoms with Gasteiger partial charge in [0.1, 0.15) is 0 Å². The Labute approximate surface area is 130 Å². The second kappa shape index (κ2) is 8.10. The van der Waals surface area contributed by atoms with E-state index in [2.05, 4.69) is 5.32 Å². The third-order valence-electron chi connectivity index (χ3n) is 3.96. The van der Waals surface area contributed by atoms with Gasteiger partial charge in [-0.25, -0.2) is 4.39 Å². The Morgan fingerprint density at radius 1 is 1.45 bits per heavy atom. The number of aliphatic hydroxyl groups is 1. The lowest BCUT2D eigenvalue weighted by Gasteiger charge is -2.34. The molecule has 0 aromatic heterocycles. The molecule has 2 rings (SSSR count). The number of carbonyl (C=O) groups is 1. The first kappa shape index (κ1) is 16.7. The molecule has 0 saturated carbocycles. The topological polar surface area (TPSA) is 61.8 Å². The summed E-state index contributed by atoms with van der Waals surface area (Å²) in [5.41, 5.74) is 0.836. The zero-order valence-electron chi connectivity index (χ0n) is 12.8. The van der Waals surface area contributed by atoms with Crippen molar-refractivity contribution in [2.75, 3.05) is 31.7 Å². The minimum absolute atomic E-state index is 0.00578. The molecule has 0 spiro atoms. The van der Waals surface area contributed by atoms with Crippen molar-refractivity contribution < 1.29 is 19.0 Å². The highest BCUT2D eigenvalue weighted by atomic mass is 19.1. The number of benzene rings is 1. The van der Waals surface area contributed by atoms with E-state index in [0.29, 0.717) is 37.4 Å². The summed E-state index contributed by atoms with van der Waals surface area (Å²) < 4.78 is 19.1. The normalized spacial score (nSPS) is 15.9. The van der Waals surface area contributed by atoms with Gasteiger partial charge in [0.15, 0.2) is 5.82 Å². The highest BCUT2D eigenvalue weighted by Crippen LogP contribution is 2.25. The van der Waals surface area contributed by atoms with E-state index in [4.69, 9.17) is 9.84 Å². The Kier molecular flexibility index (Phi) is 6.15. The monoisotopic (exact) mass is 310 g/mol. The number of aliphatic hydroxyl groups excluding tert-OH is 1. The molecule has 1 heterocycles. The number of methoxy groups -OCH3 is 1. The molecule has 1 fully saturated rings. The van der Waals surface area contributed by atoms with Gasteiger partial charge in [0, 0.05) is 38.2 Å². The molecule has 1 aromatic rings. The Morgan fingerprint density at radius 2 is 2.18 bits per heavy atom. The van der Waals surface area contributed by atoms with E-state index in [1.54, 1.807) is 25.3 Å².